The minimum absolute atomic E-state index is 0.222. The smallest absolute Gasteiger partial charge is 0.293 e. The zero-order valence-corrected chi connectivity index (χ0v) is 16.5. The van der Waals surface area contributed by atoms with Crippen molar-refractivity contribution in [3.8, 4) is 0 Å². The highest BCUT2D eigenvalue weighted by Gasteiger charge is 2.19. The summed E-state index contributed by atoms with van der Waals surface area (Å²) in [6.45, 7) is 3.80. The third-order valence-corrected chi connectivity index (χ3v) is 6.35. The minimum atomic E-state index is -3.30. The number of carbonyl (C=O) groups excluding carboxylic acids is 1. The number of furan rings is 1. The second-order valence-electron chi connectivity index (χ2n) is 6.43. The Bertz CT molecular complexity index is 1320. The van der Waals surface area contributed by atoms with Gasteiger partial charge in [0.2, 0.25) is 0 Å². The maximum Gasteiger partial charge on any atom is 0.293 e. The standard InChI is InChI=1S/C19H16N2O4S2/c1-10-4-6-13-11(2)17(25-15(13)8-10)18(22)21-19-20-14-7-5-12(27(3,23)24)9-16(14)26-19/h4-9H,1-3H3,(H,20,21,22). The van der Waals surface area contributed by atoms with E-state index in [2.05, 4.69) is 10.3 Å². The van der Waals surface area contributed by atoms with Crippen LogP contribution in [0.2, 0.25) is 0 Å². The predicted molar refractivity (Wildman–Crippen MR) is 106 cm³/mol. The number of aromatic nitrogens is 1. The number of hydrogen-bond acceptors (Lipinski definition) is 6. The number of benzene rings is 2. The molecule has 0 spiro atoms. The molecule has 0 radical (unpaired) electrons. The second-order valence-corrected chi connectivity index (χ2v) is 9.48. The molecule has 0 bridgehead atoms. The maximum atomic E-state index is 12.7. The van der Waals surface area contributed by atoms with E-state index in [1.807, 2.05) is 32.0 Å². The van der Waals surface area contributed by atoms with Crippen molar-refractivity contribution in [3.05, 3.63) is 53.3 Å². The number of aryl methyl sites for hydroxylation is 2. The first-order valence-electron chi connectivity index (χ1n) is 8.14. The lowest BCUT2D eigenvalue weighted by atomic mass is 10.1. The van der Waals surface area contributed by atoms with E-state index in [1.165, 1.54) is 17.4 Å². The molecule has 0 atom stereocenters. The number of anilines is 1. The summed E-state index contributed by atoms with van der Waals surface area (Å²) in [5, 5.41) is 4.03. The summed E-state index contributed by atoms with van der Waals surface area (Å²) in [6, 6.07) is 10.5. The van der Waals surface area contributed by atoms with Crippen LogP contribution in [0.1, 0.15) is 21.7 Å². The third kappa shape index (κ3) is 3.22. The van der Waals surface area contributed by atoms with Gasteiger partial charge in [0.1, 0.15) is 5.58 Å². The number of sulfone groups is 1. The molecule has 2 aromatic heterocycles. The van der Waals surface area contributed by atoms with Crippen molar-refractivity contribution < 1.29 is 17.6 Å². The third-order valence-electron chi connectivity index (χ3n) is 4.31. The van der Waals surface area contributed by atoms with Crippen LogP contribution in [0, 0.1) is 13.8 Å². The van der Waals surface area contributed by atoms with E-state index in [4.69, 9.17) is 4.42 Å². The van der Waals surface area contributed by atoms with Crippen molar-refractivity contribution in [2.24, 2.45) is 0 Å². The number of rotatable bonds is 3. The maximum absolute atomic E-state index is 12.7. The first-order valence-corrected chi connectivity index (χ1v) is 10.8. The fourth-order valence-corrected chi connectivity index (χ4v) is 4.51. The monoisotopic (exact) mass is 400 g/mol. The van der Waals surface area contributed by atoms with Gasteiger partial charge in [-0.3, -0.25) is 10.1 Å². The Balaban J connectivity index is 1.67. The Kier molecular flexibility index (Phi) is 4.05. The summed E-state index contributed by atoms with van der Waals surface area (Å²) in [6.07, 6.45) is 1.16. The van der Waals surface area contributed by atoms with E-state index < -0.39 is 9.84 Å². The van der Waals surface area contributed by atoms with Gasteiger partial charge in [-0.1, -0.05) is 23.5 Å². The van der Waals surface area contributed by atoms with Gasteiger partial charge in [0.15, 0.2) is 20.7 Å². The molecule has 6 nitrogen and oxygen atoms in total. The van der Waals surface area contributed by atoms with Crippen molar-refractivity contribution in [1.82, 2.24) is 4.98 Å². The summed E-state index contributed by atoms with van der Waals surface area (Å²) in [5.41, 5.74) is 3.11. The summed E-state index contributed by atoms with van der Waals surface area (Å²) in [7, 11) is -3.30. The summed E-state index contributed by atoms with van der Waals surface area (Å²) < 4.78 is 29.8. The fourth-order valence-electron chi connectivity index (χ4n) is 2.89. The molecule has 8 heteroatoms. The number of amides is 1. The van der Waals surface area contributed by atoms with Gasteiger partial charge in [-0.2, -0.15) is 0 Å². The van der Waals surface area contributed by atoms with E-state index in [1.54, 1.807) is 12.1 Å². The minimum Gasteiger partial charge on any atom is -0.451 e. The first-order chi connectivity index (χ1) is 12.7. The quantitative estimate of drug-likeness (QED) is 0.553. The normalized spacial score (nSPS) is 12.0. The topological polar surface area (TPSA) is 89.3 Å². The summed E-state index contributed by atoms with van der Waals surface area (Å²) in [5.74, 6) is -0.143. The van der Waals surface area contributed by atoms with Gasteiger partial charge in [0.05, 0.1) is 15.1 Å². The Morgan fingerprint density at radius 3 is 2.67 bits per heavy atom. The molecule has 1 amide bonds. The molecular formula is C19H16N2O4S2. The lowest BCUT2D eigenvalue weighted by Gasteiger charge is -1.98. The van der Waals surface area contributed by atoms with Gasteiger partial charge >= 0.3 is 0 Å². The average molecular weight is 400 g/mol. The van der Waals surface area contributed by atoms with Crippen molar-refractivity contribution in [1.29, 1.82) is 0 Å². The van der Waals surface area contributed by atoms with Gasteiger partial charge in [-0.05, 0) is 43.7 Å². The second kappa shape index (κ2) is 6.17. The molecular weight excluding hydrogens is 384 g/mol. The summed E-state index contributed by atoms with van der Waals surface area (Å²) in [4.78, 5) is 17.2. The molecule has 0 saturated heterocycles. The van der Waals surface area contributed by atoms with Gasteiger partial charge < -0.3 is 4.42 Å². The Labute approximate surface area is 159 Å². The van der Waals surface area contributed by atoms with Crippen molar-refractivity contribution in [3.63, 3.8) is 0 Å². The number of nitrogens with zero attached hydrogens (tertiary/aromatic N) is 1. The molecule has 0 aliphatic rings. The van der Waals surface area contributed by atoms with E-state index in [0.29, 0.717) is 20.9 Å². The molecule has 1 N–H and O–H groups in total. The highest BCUT2D eigenvalue weighted by atomic mass is 32.2. The Morgan fingerprint density at radius 2 is 1.93 bits per heavy atom. The Hall–Kier alpha value is -2.71. The first kappa shape index (κ1) is 17.7. The molecule has 0 saturated carbocycles. The van der Waals surface area contributed by atoms with Gasteiger partial charge in [0, 0.05) is 17.2 Å². The van der Waals surface area contributed by atoms with E-state index in [9.17, 15) is 13.2 Å². The summed E-state index contributed by atoms with van der Waals surface area (Å²) >= 11 is 1.22. The molecule has 4 aromatic rings. The lowest BCUT2D eigenvalue weighted by molar-refractivity contribution is 0.0998. The van der Waals surface area contributed by atoms with Crippen LogP contribution in [-0.4, -0.2) is 25.6 Å². The number of fused-ring (bicyclic) bond motifs is 2. The average Bonchev–Trinajstić information content (AvgIpc) is 3.13. The fraction of sp³-hybridized carbons (Fsp3) is 0.158. The molecule has 4 rings (SSSR count). The molecule has 0 aliphatic heterocycles. The molecule has 0 aliphatic carbocycles. The Morgan fingerprint density at radius 1 is 1.15 bits per heavy atom. The van der Waals surface area contributed by atoms with Gasteiger partial charge in [-0.25, -0.2) is 13.4 Å². The van der Waals surface area contributed by atoms with Crippen LogP contribution in [0.25, 0.3) is 21.2 Å². The molecule has 2 aromatic carbocycles. The van der Waals surface area contributed by atoms with E-state index >= 15 is 0 Å². The zero-order valence-electron chi connectivity index (χ0n) is 14.9. The van der Waals surface area contributed by atoms with Crippen molar-refractivity contribution >= 4 is 53.4 Å². The van der Waals surface area contributed by atoms with Crippen LogP contribution >= 0.6 is 11.3 Å². The largest absolute Gasteiger partial charge is 0.451 e. The number of carbonyl (C=O) groups is 1. The molecule has 0 unspecified atom stereocenters. The SMILES string of the molecule is Cc1ccc2c(C)c(C(=O)Nc3nc4ccc(S(C)(=O)=O)cc4s3)oc2c1. The predicted octanol–water partition coefficient (Wildman–Crippen LogP) is 4.32. The van der Waals surface area contributed by atoms with Crippen LogP contribution < -0.4 is 5.32 Å². The van der Waals surface area contributed by atoms with Gasteiger partial charge in [0.25, 0.3) is 5.91 Å². The van der Waals surface area contributed by atoms with Crippen LogP contribution in [0.3, 0.4) is 0 Å². The van der Waals surface area contributed by atoms with Crippen molar-refractivity contribution in [2.45, 2.75) is 18.7 Å². The van der Waals surface area contributed by atoms with Crippen LogP contribution in [0.5, 0.6) is 0 Å². The number of thiazole rings is 1. The zero-order chi connectivity index (χ0) is 19.3. The van der Waals surface area contributed by atoms with E-state index in [0.717, 1.165) is 22.8 Å². The highest BCUT2D eigenvalue weighted by molar-refractivity contribution is 7.90. The van der Waals surface area contributed by atoms with Crippen molar-refractivity contribution in [2.75, 3.05) is 11.6 Å². The number of nitrogens with one attached hydrogen (secondary N) is 1. The van der Waals surface area contributed by atoms with Crippen LogP contribution in [0.15, 0.2) is 45.7 Å². The number of hydrogen-bond donors (Lipinski definition) is 1. The van der Waals surface area contributed by atoms with Crippen LogP contribution in [0.4, 0.5) is 5.13 Å². The van der Waals surface area contributed by atoms with Crippen LogP contribution in [-0.2, 0) is 9.84 Å². The van der Waals surface area contributed by atoms with E-state index in [-0.39, 0.29) is 16.6 Å². The molecule has 0 fully saturated rings. The molecule has 2 heterocycles. The molecule has 138 valence electrons. The molecule has 27 heavy (non-hydrogen) atoms. The van der Waals surface area contributed by atoms with Gasteiger partial charge in [-0.15, -0.1) is 0 Å². The highest BCUT2D eigenvalue weighted by Crippen LogP contribution is 2.30. The lowest BCUT2D eigenvalue weighted by Crippen LogP contribution is -2.11.